The van der Waals surface area contributed by atoms with Crippen molar-refractivity contribution in [2.45, 2.75) is 121 Å². The summed E-state index contributed by atoms with van der Waals surface area (Å²) in [5.74, 6) is -7.92. The molecular formula is C40H54O12. The molecule has 12 fully saturated rings. The molecule has 12 rings (SSSR count). The van der Waals surface area contributed by atoms with Gasteiger partial charge in [-0.3, -0.25) is 14.4 Å². The van der Waals surface area contributed by atoms with Crippen LogP contribution in [-0.4, -0.2) is 108 Å². The highest BCUT2D eigenvalue weighted by Crippen LogP contribution is 2.78. The van der Waals surface area contributed by atoms with Gasteiger partial charge in [0.15, 0.2) is 11.6 Å². The standard InChI is InChI=1S/C20H28O6.C20H26O6/c2*1-9-10-4-5-11-18-8-26-20(25,19(11,14(9)22)15(10)23)16(24)13(18)17(2,3)7-6-12(18)21/h10-13,15-16,21,23-25H,1,4-8H2,2-3H3;10-11,13,15-16,23-25H,1,4-8H2,2-3H3/t10-,11-,12-,13+,15+,16-,18+,19-,20-;10-,11-,13+,15+,16-,18+,19-,20-/m00/s1. The van der Waals surface area contributed by atoms with Gasteiger partial charge in [0.25, 0.3) is 0 Å². The van der Waals surface area contributed by atoms with Gasteiger partial charge in [0, 0.05) is 35.5 Å². The second kappa shape index (κ2) is 10.1. The SMILES string of the molecule is C=C1C(=O)[C@]23[C@H](O)[C@H]1CC[C@H]2[C@@]12CO[C@@]3(O)[C@@H](O)[C@@H]1C(C)(C)CCC2=O.C=C1C(=O)[C@]23[C@H](O)[C@H]1CC[C@H]2[C@@]12CO[C@@]3(O)[C@@H](O)[C@@H]1C(C)(C)CC[C@@H]2O. The molecule has 12 aliphatic rings. The number of Topliss-reactive ketones (excluding diaryl/α,β-unsaturated/α-hetero) is 3. The molecule has 0 aromatic rings. The van der Waals surface area contributed by atoms with Crippen molar-refractivity contribution in [1.29, 1.82) is 0 Å². The fourth-order valence-corrected chi connectivity index (χ4v) is 15.5. The van der Waals surface area contributed by atoms with E-state index >= 15 is 0 Å². The molecule has 0 unspecified atom stereocenters. The molecule has 8 aliphatic carbocycles. The minimum atomic E-state index is -2.19. The molecule has 4 saturated heterocycles. The summed E-state index contributed by atoms with van der Waals surface area (Å²) in [4.78, 5) is 39.9. The first kappa shape index (κ1) is 35.8. The van der Waals surface area contributed by atoms with Crippen LogP contribution in [0, 0.1) is 68.0 Å². The van der Waals surface area contributed by atoms with E-state index in [0.717, 1.165) is 6.42 Å². The fourth-order valence-electron chi connectivity index (χ4n) is 15.5. The molecule has 12 heteroatoms. The number of ether oxygens (including phenoxy) is 2. The monoisotopic (exact) mass is 726 g/mol. The van der Waals surface area contributed by atoms with Crippen LogP contribution >= 0.6 is 0 Å². The van der Waals surface area contributed by atoms with Crippen molar-refractivity contribution < 1.29 is 59.6 Å². The van der Waals surface area contributed by atoms with Crippen molar-refractivity contribution in [2.75, 3.05) is 13.2 Å². The van der Waals surface area contributed by atoms with Crippen molar-refractivity contribution in [3.8, 4) is 0 Å². The molecule has 8 saturated carbocycles. The largest absolute Gasteiger partial charge is 0.392 e. The van der Waals surface area contributed by atoms with E-state index in [9.17, 15) is 50.1 Å². The minimum Gasteiger partial charge on any atom is -0.392 e. The van der Waals surface area contributed by atoms with Crippen molar-refractivity contribution in [3.05, 3.63) is 24.3 Å². The van der Waals surface area contributed by atoms with E-state index in [1.54, 1.807) is 0 Å². The smallest absolute Gasteiger partial charge is 0.208 e. The number of rotatable bonds is 0. The van der Waals surface area contributed by atoms with E-state index in [2.05, 4.69) is 13.2 Å². The van der Waals surface area contributed by atoms with Crippen molar-refractivity contribution >= 4 is 17.3 Å². The molecule has 0 aromatic carbocycles. The van der Waals surface area contributed by atoms with Crippen LogP contribution in [0.15, 0.2) is 24.3 Å². The first-order valence-electron chi connectivity index (χ1n) is 19.3. The quantitative estimate of drug-likeness (QED) is 0.174. The molecule has 4 heterocycles. The van der Waals surface area contributed by atoms with E-state index < -0.39 is 111 Å². The first-order valence-corrected chi connectivity index (χ1v) is 19.3. The lowest BCUT2D eigenvalue weighted by molar-refractivity contribution is -0.458. The summed E-state index contributed by atoms with van der Waals surface area (Å²) in [6.45, 7) is 15.9. The van der Waals surface area contributed by atoms with Crippen LogP contribution in [0.5, 0.6) is 0 Å². The van der Waals surface area contributed by atoms with Gasteiger partial charge in [-0.05, 0) is 78.8 Å². The number of hydrogen-bond acceptors (Lipinski definition) is 12. The molecule has 286 valence electrons. The third kappa shape index (κ3) is 3.29. The van der Waals surface area contributed by atoms with E-state index in [1.807, 2.05) is 27.7 Å². The second-order valence-electron chi connectivity index (χ2n) is 19.7. The Hall–Kier alpha value is -1.87. The zero-order chi connectivity index (χ0) is 37.7. The van der Waals surface area contributed by atoms with E-state index in [0.29, 0.717) is 50.5 Å². The number of ketones is 3. The molecule has 0 amide bonds. The minimum absolute atomic E-state index is 0.00293. The summed E-state index contributed by atoms with van der Waals surface area (Å²) in [7, 11) is 0. The molecule has 0 aromatic heterocycles. The number of carbonyl (C=O) groups excluding carboxylic acids is 3. The third-order valence-corrected chi connectivity index (χ3v) is 17.5. The van der Waals surface area contributed by atoms with Crippen LogP contribution in [0.3, 0.4) is 0 Å². The maximum absolute atomic E-state index is 13.3. The summed E-state index contributed by atoms with van der Waals surface area (Å²) in [6.07, 6.45) is -1.25. The van der Waals surface area contributed by atoms with Gasteiger partial charge in [0.2, 0.25) is 11.6 Å². The van der Waals surface area contributed by atoms with Gasteiger partial charge in [-0.15, -0.1) is 0 Å². The Kier molecular flexibility index (Phi) is 6.96. The van der Waals surface area contributed by atoms with Crippen LogP contribution in [-0.2, 0) is 23.9 Å². The number of fused-ring (bicyclic) bond motifs is 4. The van der Waals surface area contributed by atoms with Crippen molar-refractivity contribution in [2.24, 2.45) is 68.0 Å². The topological polar surface area (TPSA) is 211 Å². The lowest BCUT2D eigenvalue weighted by Crippen LogP contribution is -2.85. The lowest BCUT2D eigenvalue weighted by atomic mass is 9.35. The molecule has 17 atom stereocenters. The number of hydrogen-bond donors (Lipinski definition) is 7. The summed E-state index contributed by atoms with van der Waals surface area (Å²) in [5.41, 5.74) is -5.32. The van der Waals surface area contributed by atoms with Gasteiger partial charge in [-0.25, -0.2) is 0 Å². The number of aliphatic hydroxyl groups excluding tert-OH is 5. The molecule has 0 radical (unpaired) electrons. The molecule has 4 aliphatic heterocycles. The Balaban J connectivity index is 0.000000138. The number of aliphatic hydroxyl groups is 7. The Morgan fingerprint density at radius 2 is 1.10 bits per heavy atom. The lowest BCUT2D eigenvalue weighted by Gasteiger charge is -2.74. The maximum Gasteiger partial charge on any atom is 0.208 e. The summed E-state index contributed by atoms with van der Waals surface area (Å²) >= 11 is 0. The number of carbonyl (C=O) groups is 3. The van der Waals surface area contributed by atoms with Gasteiger partial charge in [0.1, 0.15) is 28.8 Å². The van der Waals surface area contributed by atoms with Crippen LogP contribution in [0.25, 0.3) is 0 Å². The molecule has 7 N–H and O–H groups in total. The Bertz CT molecular complexity index is 1720. The normalized spacial score (nSPS) is 58.5. The van der Waals surface area contributed by atoms with Gasteiger partial charge in [-0.2, -0.15) is 0 Å². The zero-order valence-corrected chi connectivity index (χ0v) is 30.5. The van der Waals surface area contributed by atoms with Crippen LogP contribution in [0.1, 0.15) is 79.1 Å². The van der Waals surface area contributed by atoms with Crippen LogP contribution in [0.4, 0.5) is 0 Å². The van der Waals surface area contributed by atoms with Crippen LogP contribution in [0.2, 0.25) is 0 Å². The fraction of sp³-hybridized carbons (Fsp3) is 0.825. The molecule has 52 heavy (non-hydrogen) atoms. The van der Waals surface area contributed by atoms with E-state index in [-0.39, 0.29) is 35.4 Å². The predicted molar refractivity (Wildman–Crippen MR) is 180 cm³/mol. The van der Waals surface area contributed by atoms with Gasteiger partial charge >= 0.3 is 0 Å². The highest BCUT2D eigenvalue weighted by molar-refractivity contribution is 6.06. The summed E-state index contributed by atoms with van der Waals surface area (Å²) in [6, 6.07) is 0. The van der Waals surface area contributed by atoms with Crippen molar-refractivity contribution in [1.82, 2.24) is 0 Å². The van der Waals surface area contributed by atoms with Gasteiger partial charge in [0.05, 0.1) is 36.9 Å². The van der Waals surface area contributed by atoms with E-state index in [1.165, 1.54) is 0 Å². The highest BCUT2D eigenvalue weighted by atomic mass is 16.7. The van der Waals surface area contributed by atoms with Crippen LogP contribution < -0.4 is 0 Å². The Morgan fingerprint density at radius 1 is 0.615 bits per heavy atom. The van der Waals surface area contributed by atoms with Gasteiger partial charge in [-0.1, -0.05) is 40.9 Å². The maximum atomic E-state index is 13.3. The van der Waals surface area contributed by atoms with Crippen molar-refractivity contribution in [3.63, 3.8) is 0 Å². The Morgan fingerprint density at radius 3 is 1.67 bits per heavy atom. The molecule has 8 bridgehead atoms. The molecule has 12 nitrogen and oxygen atoms in total. The molecular weight excluding hydrogens is 672 g/mol. The first-order chi connectivity index (χ1) is 24.1. The molecule has 4 spiro atoms. The van der Waals surface area contributed by atoms with Gasteiger partial charge < -0.3 is 45.2 Å². The Labute approximate surface area is 303 Å². The third-order valence-electron chi connectivity index (χ3n) is 17.5. The summed E-state index contributed by atoms with van der Waals surface area (Å²) in [5, 5.41) is 79.1. The zero-order valence-electron chi connectivity index (χ0n) is 30.5. The average molecular weight is 727 g/mol. The second-order valence-corrected chi connectivity index (χ2v) is 19.7. The predicted octanol–water partition coefficient (Wildman–Crippen LogP) is 0.959. The average Bonchev–Trinajstić information content (AvgIpc) is 3.24. The van der Waals surface area contributed by atoms with E-state index in [4.69, 9.17) is 9.47 Å². The summed E-state index contributed by atoms with van der Waals surface area (Å²) < 4.78 is 11.5. The highest BCUT2D eigenvalue weighted by Gasteiger charge is 2.88.